The Bertz CT molecular complexity index is 427. The maximum Gasteiger partial charge on any atom is 0.335 e. The second kappa shape index (κ2) is 9.50. The van der Waals surface area contributed by atoms with Gasteiger partial charge in [0, 0.05) is 19.8 Å². The normalized spacial score (nSPS) is 10.8. The van der Waals surface area contributed by atoms with Crippen molar-refractivity contribution >= 4 is 5.97 Å². The highest BCUT2D eigenvalue weighted by molar-refractivity contribution is 5.88. The van der Waals surface area contributed by atoms with E-state index in [0.29, 0.717) is 38.5 Å². The molecule has 0 unspecified atom stereocenters. The minimum Gasteiger partial charge on any atom is -0.478 e. The smallest absolute Gasteiger partial charge is 0.335 e. The third-order valence-electron chi connectivity index (χ3n) is 3.48. The van der Waals surface area contributed by atoms with Crippen LogP contribution in [0.5, 0.6) is 0 Å². The number of rotatable bonds is 10. The number of aliphatic hydroxyl groups is 3. The Hall–Kier alpha value is -1.43. The van der Waals surface area contributed by atoms with E-state index < -0.39 is 5.97 Å². The van der Waals surface area contributed by atoms with Crippen molar-refractivity contribution < 1.29 is 25.2 Å². The van der Waals surface area contributed by atoms with Gasteiger partial charge < -0.3 is 20.4 Å². The average molecular weight is 296 g/mol. The molecule has 1 aromatic carbocycles. The number of carboxylic acids is 1. The maximum absolute atomic E-state index is 11.2. The Balaban J connectivity index is 3.18. The molecule has 0 saturated heterocycles. The van der Waals surface area contributed by atoms with Crippen molar-refractivity contribution in [3.63, 3.8) is 0 Å². The Morgan fingerprint density at radius 1 is 0.810 bits per heavy atom. The standard InChI is InChI=1S/C16H24O5/c17-7-1-4-12-10-14(16(20)21)11-13(5-2-8-18)15(12)6-3-9-19/h10-11,17-19H,1-9H2,(H,20,21). The molecule has 1 aromatic rings. The molecule has 0 atom stereocenters. The van der Waals surface area contributed by atoms with Crippen molar-refractivity contribution in [1.29, 1.82) is 0 Å². The summed E-state index contributed by atoms with van der Waals surface area (Å²) in [4.78, 5) is 11.2. The summed E-state index contributed by atoms with van der Waals surface area (Å²) in [5.41, 5.74) is 3.13. The predicted molar refractivity (Wildman–Crippen MR) is 79.6 cm³/mol. The maximum atomic E-state index is 11.2. The highest BCUT2D eigenvalue weighted by Gasteiger charge is 2.14. The van der Waals surface area contributed by atoms with Gasteiger partial charge in [-0.2, -0.15) is 0 Å². The van der Waals surface area contributed by atoms with Crippen LogP contribution in [-0.4, -0.2) is 46.2 Å². The van der Waals surface area contributed by atoms with Crippen LogP contribution in [0.25, 0.3) is 0 Å². The lowest BCUT2D eigenvalue weighted by molar-refractivity contribution is 0.0696. The number of aliphatic hydroxyl groups excluding tert-OH is 3. The molecule has 4 N–H and O–H groups in total. The van der Waals surface area contributed by atoms with Gasteiger partial charge in [-0.15, -0.1) is 0 Å². The first-order valence-corrected chi connectivity index (χ1v) is 7.34. The van der Waals surface area contributed by atoms with Crippen molar-refractivity contribution in [2.24, 2.45) is 0 Å². The molecule has 0 amide bonds. The topological polar surface area (TPSA) is 98.0 Å². The first kappa shape index (κ1) is 17.6. The second-order valence-corrected chi connectivity index (χ2v) is 5.06. The summed E-state index contributed by atoms with van der Waals surface area (Å²) in [5.74, 6) is -0.973. The molecule has 21 heavy (non-hydrogen) atoms. The fourth-order valence-electron chi connectivity index (χ4n) is 2.48. The van der Waals surface area contributed by atoms with Gasteiger partial charge in [-0.3, -0.25) is 0 Å². The van der Waals surface area contributed by atoms with E-state index in [9.17, 15) is 9.90 Å². The van der Waals surface area contributed by atoms with Crippen LogP contribution in [0.15, 0.2) is 12.1 Å². The number of aromatic carboxylic acids is 1. The molecular formula is C16H24O5. The minimum atomic E-state index is -0.973. The third-order valence-corrected chi connectivity index (χ3v) is 3.48. The number of hydrogen-bond donors (Lipinski definition) is 4. The van der Waals surface area contributed by atoms with Crippen molar-refractivity contribution in [2.45, 2.75) is 38.5 Å². The van der Waals surface area contributed by atoms with E-state index in [1.54, 1.807) is 12.1 Å². The van der Waals surface area contributed by atoms with Crippen LogP contribution >= 0.6 is 0 Å². The van der Waals surface area contributed by atoms with Gasteiger partial charge in [-0.25, -0.2) is 4.79 Å². The second-order valence-electron chi connectivity index (χ2n) is 5.06. The zero-order valence-electron chi connectivity index (χ0n) is 12.2. The van der Waals surface area contributed by atoms with E-state index in [1.165, 1.54) is 0 Å². The largest absolute Gasteiger partial charge is 0.478 e. The summed E-state index contributed by atoms with van der Waals surface area (Å²) in [7, 11) is 0. The van der Waals surface area contributed by atoms with Crippen LogP contribution in [0.3, 0.4) is 0 Å². The van der Waals surface area contributed by atoms with Crippen molar-refractivity contribution in [2.75, 3.05) is 19.8 Å². The van der Waals surface area contributed by atoms with E-state index in [0.717, 1.165) is 16.7 Å². The van der Waals surface area contributed by atoms with Gasteiger partial charge in [0.2, 0.25) is 0 Å². The summed E-state index contributed by atoms with van der Waals surface area (Å²) in [6.07, 6.45) is 3.68. The van der Waals surface area contributed by atoms with Crippen LogP contribution in [0.2, 0.25) is 0 Å². The number of hydrogen-bond acceptors (Lipinski definition) is 4. The molecule has 0 radical (unpaired) electrons. The highest BCUT2D eigenvalue weighted by Crippen LogP contribution is 2.23. The SMILES string of the molecule is O=C(O)c1cc(CCCO)c(CCCO)c(CCCO)c1. The molecule has 0 aromatic heterocycles. The molecule has 5 nitrogen and oxygen atoms in total. The zero-order chi connectivity index (χ0) is 15.7. The van der Waals surface area contributed by atoms with Crippen LogP contribution in [0.1, 0.15) is 46.3 Å². The third kappa shape index (κ3) is 5.46. The van der Waals surface area contributed by atoms with Crippen molar-refractivity contribution in [3.8, 4) is 0 Å². The molecule has 118 valence electrons. The first-order chi connectivity index (χ1) is 10.1. The van der Waals surface area contributed by atoms with E-state index >= 15 is 0 Å². The molecule has 0 aliphatic heterocycles. The molecular weight excluding hydrogens is 272 g/mol. The average Bonchev–Trinajstić information content (AvgIpc) is 2.48. The minimum absolute atomic E-state index is 0.0582. The van der Waals surface area contributed by atoms with Gasteiger partial charge >= 0.3 is 5.97 Å². The van der Waals surface area contributed by atoms with Crippen LogP contribution in [-0.2, 0) is 19.3 Å². The molecule has 0 aliphatic carbocycles. The molecule has 0 saturated carbocycles. The molecule has 0 aliphatic rings. The zero-order valence-corrected chi connectivity index (χ0v) is 12.2. The summed E-state index contributed by atoms with van der Waals surface area (Å²) >= 11 is 0. The molecule has 1 rings (SSSR count). The van der Waals surface area contributed by atoms with Gasteiger partial charge in [0.1, 0.15) is 0 Å². The molecule has 0 spiro atoms. The fourth-order valence-corrected chi connectivity index (χ4v) is 2.48. The summed E-state index contributed by atoms with van der Waals surface area (Å²) in [6, 6.07) is 3.32. The van der Waals surface area contributed by atoms with E-state index in [4.69, 9.17) is 15.3 Å². The van der Waals surface area contributed by atoms with Gasteiger partial charge in [-0.05, 0) is 67.3 Å². The van der Waals surface area contributed by atoms with Gasteiger partial charge in [-0.1, -0.05) is 0 Å². The Morgan fingerprint density at radius 3 is 1.62 bits per heavy atom. The number of aryl methyl sites for hydroxylation is 2. The van der Waals surface area contributed by atoms with Gasteiger partial charge in [0.25, 0.3) is 0 Å². The quantitative estimate of drug-likeness (QED) is 0.519. The fraction of sp³-hybridized carbons (Fsp3) is 0.562. The monoisotopic (exact) mass is 296 g/mol. The summed E-state index contributed by atoms with van der Waals surface area (Å²) < 4.78 is 0. The van der Waals surface area contributed by atoms with Crippen molar-refractivity contribution in [1.82, 2.24) is 0 Å². The lowest BCUT2D eigenvalue weighted by Crippen LogP contribution is -2.08. The van der Waals surface area contributed by atoms with Crippen LogP contribution < -0.4 is 0 Å². The van der Waals surface area contributed by atoms with Gasteiger partial charge in [0.15, 0.2) is 0 Å². The van der Waals surface area contributed by atoms with E-state index in [-0.39, 0.29) is 25.4 Å². The summed E-state index contributed by atoms with van der Waals surface area (Å²) in [5, 5.41) is 36.2. The number of carbonyl (C=O) groups is 1. The Morgan fingerprint density at radius 2 is 1.24 bits per heavy atom. The summed E-state index contributed by atoms with van der Waals surface area (Å²) in [6.45, 7) is 0.199. The van der Waals surface area contributed by atoms with E-state index in [2.05, 4.69) is 0 Å². The lowest BCUT2D eigenvalue weighted by Gasteiger charge is -2.16. The molecule has 0 bridgehead atoms. The highest BCUT2D eigenvalue weighted by atomic mass is 16.4. The van der Waals surface area contributed by atoms with Gasteiger partial charge in [0.05, 0.1) is 5.56 Å². The van der Waals surface area contributed by atoms with Crippen LogP contribution in [0, 0.1) is 0 Å². The molecule has 0 heterocycles. The van der Waals surface area contributed by atoms with Crippen molar-refractivity contribution in [3.05, 3.63) is 34.4 Å². The molecule has 5 heteroatoms. The lowest BCUT2D eigenvalue weighted by atomic mass is 9.90. The predicted octanol–water partition coefficient (Wildman–Crippen LogP) is 1.16. The Kier molecular flexibility index (Phi) is 7.97. The number of carboxylic acid groups (broad SMARTS) is 1. The number of benzene rings is 1. The van der Waals surface area contributed by atoms with E-state index in [1.807, 2.05) is 0 Å². The Labute approximate surface area is 124 Å². The van der Waals surface area contributed by atoms with Crippen LogP contribution in [0.4, 0.5) is 0 Å². The first-order valence-electron chi connectivity index (χ1n) is 7.34. The molecule has 0 fully saturated rings.